The van der Waals surface area contributed by atoms with Crippen molar-refractivity contribution in [3.63, 3.8) is 0 Å². The first-order chi connectivity index (χ1) is 9.34. The lowest BCUT2D eigenvalue weighted by Crippen LogP contribution is -2.38. The number of rotatable bonds is 2. The van der Waals surface area contributed by atoms with Crippen LogP contribution in [0.1, 0.15) is 50.5 Å². The Bertz CT molecular complexity index is 561. The first kappa shape index (κ1) is 13.8. The SMILES string of the molecule is CC1(C)C2CCC1(C)C(OC(=O)c1cncc(Cl)n1)C2. The van der Waals surface area contributed by atoms with Gasteiger partial charge in [-0.1, -0.05) is 32.4 Å². The van der Waals surface area contributed by atoms with Gasteiger partial charge in [-0.3, -0.25) is 4.98 Å². The Labute approximate surface area is 123 Å². The highest BCUT2D eigenvalue weighted by Gasteiger charge is 2.62. The van der Waals surface area contributed by atoms with Crippen LogP contribution in [0.3, 0.4) is 0 Å². The fourth-order valence-corrected chi connectivity index (χ4v) is 4.09. The standard InChI is InChI=1S/C15H19ClN2O2/c1-14(2)9-4-5-15(14,3)11(6-9)20-13(19)10-7-17-8-12(16)18-10/h7-9,11H,4-6H2,1-3H3. The molecule has 3 atom stereocenters. The van der Waals surface area contributed by atoms with E-state index in [0.29, 0.717) is 5.92 Å². The minimum absolute atomic E-state index is 0.0375. The maximum atomic E-state index is 12.2. The average Bonchev–Trinajstić information content (AvgIpc) is 2.72. The van der Waals surface area contributed by atoms with Crippen molar-refractivity contribution in [3.8, 4) is 0 Å². The van der Waals surface area contributed by atoms with Crippen molar-refractivity contribution < 1.29 is 9.53 Å². The topological polar surface area (TPSA) is 52.1 Å². The Morgan fingerprint density at radius 2 is 2.15 bits per heavy atom. The molecule has 0 N–H and O–H groups in total. The number of hydrogen-bond donors (Lipinski definition) is 0. The number of carbonyl (C=O) groups excluding carboxylic acids is 1. The van der Waals surface area contributed by atoms with Crippen LogP contribution in [0.15, 0.2) is 12.4 Å². The summed E-state index contributed by atoms with van der Waals surface area (Å²) < 4.78 is 5.72. The Balaban J connectivity index is 1.78. The predicted octanol–water partition coefficient (Wildman–Crippen LogP) is 3.50. The normalized spacial score (nSPS) is 34.2. The Morgan fingerprint density at radius 1 is 1.40 bits per heavy atom. The van der Waals surface area contributed by atoms with Crippen LogP contribution in [0.5, 0.6) is 0 Å². The molecule has 2 bridgehead atoms. The highest BCUT2D eigenvalue weighted by molar-refractivity contribution is 6.29. The molecule has 0 saturated heterocycles. The van der Waals surface area contributed by atoms with Gasteiger partial charge in [-0.2, -0.15) is 0 Å². The van der Waals surface area contributed by atoms with Gasteiger partial charge in [-0.25, -0.2) is 9.78 Å². The highest BCUT2D eigenvalue weighted by atomic mass is 35.5. The number of hydrogen-bond acceptors (Lipinski definition) is 4. The highest BCUT2D eigenvalue weighted by Crippen LogP contribution is 2.66. The predicted molar refractivity (Wildman–Crippen MR) is 75.5 cm³/mol. The summed E-state index contributed by atoms with van der Waals surface area (Å²) >= 11 is 5.76. The summed E-state index contributed by atoms with van der Waals surface area (Å²) in [6.45, 7) is 6.82. The maximum Gasteiger partial charge on any atom is 0.358 e. The van der Waals surface area contributed by atoms with Gasteiger partial charge in [0.15, 0.2) is 5.69 Å². The molecule has 0 radical (unpaired) electrons. The van der Waals surface area contributed by atoms with Crippen LogP contribution >= 0.6 is 11.6 Å². The van der Waals surface area contributed by atoms with Gasteiger partial charge >= 0.3 is 5.97 Å². The summed E-state index contributed by atoms with van der Waals surface area (Å²) in [4.78, 5) is 20.0. The molecule has 20 heavy (non-hydrogen) atoms. The van der Waals surface area contributed by atoms with Gasteiger partial charge in [0.1, 0.15) is 11.3 Å². The number of fused-ring (bicyclic) bond motifs is 2. The number of halogens is 1. The van der Waals surface area contributed by atoms with Gasteiger partial charge < -0.3 is 4.74 Å². The molecule has 3 rings (SSSR count). The number of carbonyl (C=O) groups is 1. The smallest absolute Gasteiger partial charge is 0.358 e. The summed E-state index contributed by atoms with van der Waals surface area (Å²) in [6, 6.07) is 0. The van der Waals surface area contributed by atoms with Gasteiger partial charge in [0, 0.05) is 5.41 Å². The molecule has 5 heteroatoms. The molecule has 0 spiro atoms. The molecule has 1 aromatic heterocycles. The lowest BCUT2D eigenvalue weighted by atomic mass is 9.70. The van der Waals surface area contributed by atoms with Crippen molar-refractivity contribution in [2.75, 3.05) is 0 Å². The second-order valence-electron chi connectivity index (χ2n) is 6.73. The summed E-state index contributed by atoms with van der Waals surface area (Å²) in [5.74, 6) is 0.213. The minimum Gasteiger partial charge on any atom is -0.457 e. The molecule has 1 aromatic rings. The van der Waals surface area contributed by atoms with Crippen molar-refractivity contribution in [2.45, 2.75) is 46.1 Å². The van der Waals surface area contributed by atoms with Crippen molar-refractivity contribution in [2.24, 2.45) is 16.7 Å². The van der Waals surface area contributed by atoms with E-state index in [0.717, 1.165) is 12.8 Å². The van der Waals surface area contributed by atoms with Crippen LogP contribution in [0.4, 0.5) is 0 Å². The molecule has 3 unspecified atom stereocenters. The van der Waals surface area contributed by atoms with Crippen LogP contribution in [-0.4, -0.2) is 22.0 Å². The van der Waals surface area contributed by atoms with Crippen LogP contribution in [0, 0.1) is 16.7 Å². The quantitative estimate of drug-likeness (QED) is 0.783. The molecule has 4 nitrogen and oxygen atoms in total. The van der Waals surface area contributed by atoms with Crippen molar-refractivity contribution in [1.82, 2.24) is 9.97 Å². The van der Waals surface area contributed by atoms with Crippen LogP contribution < -0.4 is 0 Å². The second-order valence-corrected chi connectivity index (χ2v) is 7.12. The molecular weight excluding hydrogens is 276 g/mol. The monoisotopic (exact) mass is 294 g/mol. The van der Waals surface area contributed by atoms with Gasteiger partial charge in [-0.05, 0) is 30.6 Å². The van der Waals surface area contributed by atoms with Gasteiger partial charge in [0.25, 0.3) is 0 Å². The molecule has 2 fully saturated rings. The molecule has 1 heterocycles. The zero-order valence-corrected chi connectivity index (χ0v) is 12.8. The lowest BCUT2D eigenvalue weighted by Gasteiger charge is -2.38. The molecule has 0 amide bonds. The molecular formula is C15H19ClN2O2. The first-order valence-electron chi connectivity index (χ1n) is 7.03. The molecule has 108 valence electrons. The van der Waals surface area contributed by atoms with E-state index in [4.69, 9.17) is 16.3 Å². The Morgan fingerprint density at radius 3 is 2.70 bits per heavy atom. The number of esters is 1. The third kappa shape index (κ3) is 1.85. The summed E-state index contributed by atoms with van der Waals surface area (Å²) in [7, 11) is 0. The third-order valence-corrected chi connectivity index (χ3v) is 5.96. The fraction of sp³-hybridized carbons (Fsp3) is 0.667. The molecule has 0 aliphatic heterocycles. The second kappa shape index (κ2) is 4.42. The summed E-state index contributed by atoms with van der Waals surface area (Å²) in [5.41, 5.74) is 0.457. The summed E-state index contributed by atoms with van der Waals surface area (Å²) in [5, 5.41) is 0.207. The molecule has 2 saturated carbocycles. The third-order valence-electron chi connectivity index (χ3n) is 5.78. The van der Waals surface area contributed by atoms with Gasteiger partial charge in [-0.15, -0.1) is 0 Å². The van der Waals surface area contributed by atoms with Crippen molar-refractivity contribution >= 4 is 17.6 Å². The molecule has 0 aromatic carbocycles. The van der Waals surface area contributed by atoms with Crippen LogP contribution in [0.2, 0.25) is 5.15 Å². The van der Waals surface area contributed by atoms with E-state index < -0.39 is 5.97 Å². The zero-order chi connectivity index (χ0) is 14.5. The fourth-order valence-electron chi connectivity index (χ4n) is 3.94. The number of nitrogens with zero attached hydrogens (tertiary/aromatic N) is 2. The van der Waals surface area contributed by atoms with E-state index in [-0.39, 0.29) is 27.8 Å². The van der Waals surface area contributed by atoms with Crippen molar-refractivity contribution in [1.29, 1.82) is 0 Å². The lowest BCUT2D eigenvalue weighted by molar-refractivity contribution is -0.0247. The Hall–Kier alpha value is -1.16. The van der Waals surface area contributed by atoms with E-state index in [1.165, 1.54) is 18.8 Å². The number of ether oxygens (including phenoxy) is 1. The van der Waals surface area contributed by atoms with E-state index in [9.17, 15) is 4.79 Å². The van der Waals surface area contributed by atoms with Gasteiger partial charge in [0.05, 0.1) is 12.4 Å². The van der Waals surface area contributed by atoms with Crippen LogP contribution in [-0.2, 0) is 4.74 Å². The van der Waals surface area contributed by atoms with Crippen molar-refractivity contribution in [3.05, 3.63) is 23.2 Å². The largest absolute Gasteiger partial charge is 0.457 e. The van der Waals surface area contributed by atoms with E-state index in [1.807, 2.05) is 0 Å². The van der Waals surface area contributed by atoms with E-state index in [1.54, 1.807) is 0 Å². The number of aromatic nitrogens is 2. The molecule has 2 aliphatic carbocycles. The minimum atomic E-state index is -0.422. The summed E-state index contributed by atoms with van der Waals surface area (Å²) in [6.07, 6.45) is 6.06. The van der Waals surface area contributed by atoms with Gasteiger partial charge in [0.2, 0.25) is 0 Å². The maximum absolute atomic E-state index is 12.2. The Kier molecular flexibility index (Phi) is 3.05. The molecule has 2 aliphatic rings. The zero-order valence-electron chi connectivity index (χ0n) is 12.0. The van der Waals surface area contributed by atoms with E-state index in [2.05, 4.69) is 30.7 Å². The average molecular weight is 295 g/mol. The first-order valence-corrected chi connectivity index (χ1v) is 7.41. The van der Waals surface area contributed by atoms with Crippen LogP contribution in [0.25, 0.3) is 0 Å². The van der Waals surface area contributed by atoms with E-state index >= 15 is 0 Å².